The molecule has 108 valence electrons. The summed E-state index contributed by atoms with van der Waals surface area (Å²) in [4.78, 5) is 29.1. The molecule has 3 rings (SSSR count). The van der Waals surface area contributed by atoms with Crippen LogP contribution in [0.25, 0.3) is 0 Å². The van der Waals surface area contributed by atoms with Crippen molar-refractivity contribution in [1.82, 2.24) is 9.88 Å². The number of H-pyrrole nitrogens is 1. The van der Waals surface area contributed by atoms with Crippen molar-refractivity contribution in [2.45, 2.75) is 13.5 Å². The lowest BCUT2D eigenvalue weighted by Gasteiger charge is -2.19. The van der Waals surface area contributed by atoms with Crippen molar-refractivity contribution in [3.8, 4) is 5.75 Å². The molecular formula is C16H16N2O3. The number of fused-ring (bicyclic) bond motifs is 1. The van der Waals surface area contributed by atoms with Crippen LogP contribution in [0.5, 0.6) is 5.75 Å². The number of carbonyl (C=O) groups is 1. The van der Waals surface area contributed by atoms with Gasteiger partial charge in [-0.1, -0.05) is 18.2 Å². The lowest BCUT2D eigenvalue weighted by molar-refractivity contribution is 0.0731. The summed E-state index contributed by atoms with van der Waals surface area (Å²) in [6, 6.07) is 9.08. The number of ether oxygens (including phenoxy) is 1. The molecule has 2 heterocycles. The summed E-state index contributed by atoms with van der Waals surface area (Å²) in [6.07, 6.45) is 1.48. The van der Waals surface area contributed by atoms with Gasteiger partial charge in [0, 0.05) is 30.1 Å². The lowest BCUT2D eigenvalue weighted by Crippen LogP contribution is -2.35. The molecule has 1 amide bonds. The number of nitrogens with one attached hydrogen (secondary N) is 1. The topological polar surface area (TPSA) is 62.4 Å². The molecule has 0 fully saturated rings. The molecule has 1 N–H and O–H groups in total. The Bertz CT molecular complexity index is 736. The smallest absolute Gasteiger partial charge is 0.259 e. The van der Waals surface area contributed by atoms with Crippen molar-refractivity contribution in [2.24, 2.45) is 0 Å². The Morgan fingerprint density at radius 3 is 2.95 bits per heavy atom. The highest BCUT2D eigenvalue weighted by atomic mass is 16.5. The predicted octanol–water partition coefficient (Wildman–Crippen LogP) is 1.72. The second-order valence-corrected chi connectivity index (χ2v) is 5.08. The molecule has 0 saturated heterocycles. The van der Waals surface area contributed by atoms with Crippen molar-refractivity contribution in [1.29, 1.82) is 0 Å². The number of aromatic amines is 1. The highest BCUT2D eigenvalue weighted by molar-refractivity contribution is 5.93. The van der Waals surface area contributed by atoms with Crippen LogP contribution in [0.15, 0.2) is 41.3 Å². The average Bonchev–Trinajstić information content (AvgIpc) is 2.68. The second kappa shape index (κ2) is 5.44. The zero-order chi connectivity index (χ0) is 14.8. The number of rotatable bonds is 1. The van der Waals surface area contributed by atoms with Gasteiger partial charge in [-0.25, -0.2) is 0 Å². The maximum Gasteiger partial charge on any atom is 0.259 e. The number of nitrogens with zero attached hydrogens (tertiary/aromatic N) is 1. The molecule has 2 aromatic rings. The molecule has 0 spiro atoms. The zero-order valence-electron chi connectivity index (χ0n) is 11.8. The quantitative estimate of drug-likeness (QED) is 0.867. The van der Waals surface area contributed by atoms with Gasteiger partial charge in [-0.3, -0.25) is 9.59 Å². The van der Waals surface area contributed by atoms with Crippen molar-refractivity contribution in [2.75, 3.05) is 13.2 Å². The fraction of sp³-hybridized carbons (Fsp3) is 0.250. The number of para-hydroxylation sites is 1. The Kier molecular flexibility index (Phi) is 3.48. The minimum absolute atomic E-state index is 0.167. The van der Waals surface area contributed by atoms with Gasteiger partial charge in [-0.15, -0.1) is 0 Å². The first-order valence-corrected chi connectivity index (χ1v) is 6.84. The minimum Gasteiger partial charge on any atom is -0.491 e. The van der Waals surface area contributed by atoms with Crippen molar-refractivity contribution in [3.05, 3.63) is 63.6 Å². The van der Waals surface area contributed by atoms with Gasteiger partial charge in [0.15, 0.2) is 5.43 Å². The van der Waals surface area contributed by atoms with Gasteiger partial charge in [-0.2, -0.15) is 0 Å². The molecule has 0 saturated carbocycles. The monoisotopic (exact) mass is 284 g/mol. The first-order chi connectivity index (χ1) is 10.1. The van der Waals surface area contributed by atoms with Crippen LogP contribution in [-0.4, -0.2) is 28.9 Å². The minimum atomic E-state index is -0.267. The Morgan fingerprint density at radius 2 is 2.14 bits per heavy atom. The van der Waals surface area contributed by atoms with E-state index in [0.717, 1.165) is 17.0 Å². The summed E-state index contributed by atoms with van der Waals surface area (Å²) in [5, 5.41) is 0. The van der Waals surface area contributed by atoms with Gasteiger partial charge in [0.25, 0.3) is 5.91 Å². The zero-order valence-corrected chi connectivity index (χ0v) is 11.8. The van der Waals surface area contributed by atoms with Gasteiger partial charge >= 0.3 is 0 Å². The first-order valence-electron chi connectivity index (χ1n) is 6.84. The molecule has 1 aromatic carbocycles. The Balaban J connectivity index is 1.90. The molecule has 1 aliphatic rings. The van der Waals surface area contributed by atoms with Gasteiger partial charge < -0.3 is 14.6 Å². The fourth-order valence-corrected chi connectivity index (χ4v) is 2.41. The molecule has 5 heteroatoms. The molecule has 0 aliphatic carbocycles. The summed E-state index contributed by atoms with van der Waals surface area (Å²) in [5.41, 5.74) is 1.60. The standard InChI is InChI=1S/C16H16N2O3/c1-11-8-14(19)13(9-17-11)16(20)18-6-7-21-15-5-3-2-4-12(15)10-18/h2-5,8-9H,6-7,10H2,1H3,(H,17,19). The van der Waals surface area contributed by atoms with Crippen LogP contribution in [0.1, 0.15) is 21.6 Å². The van der Waals surface area contributed by atoms with E-state index in [1.807, 2.05) is 24.3 Å². The predicted molar refractivity (Wildman–Crippen MR) is 78.5 cm³/mol. The molecular weight excluding hydrogens is 268 g/mol. The van der Waals surface area contributed by atoms with E-state index in [-0.39, 0.29) is 16.9 Å². The van der Waals surface area contributed by atoms with Crippen LogP contribution in [0, 0.1) is 6.92 Å². The number of hydrogen-bond acceptors (Lipinski definition) is 3. The molecule has 0 radical (unpaired) electrons. The summed E-state index contributed by atoms with van der Waals surface area (Å²) < 4.78 is 5.63. The number of pyridine rings is 1. The van der Waals surface area contributed by atoms with Gasteiger partial charge in [0.2, 0.25) is 0 Å². The Labute approximate surface area is 122 Å². The first kappa shape index (κ1) is 13.4. The Morgan fingerprint density at radius 1 is 1.33 bits per heavy atom. The largest absolute Gasteiger partial charge is 0.491 e. The van der Waals surface area contributed by atoms with Crippen molar-refractivity contribution >= 4 is 5.91 Å². The maximum absolute atomic E-state index is 12.5. The third-order valence-corrected chi connectivity index (χ3v) is 3.53. The van der Waals surface area contributed by atoms with E-state index in [0.29, 0.717) is 19.7 Å². The molecule has 0 unspecified atom stereocenters. The molecule has 5 nitrogen and oxygen atoms in total. The van der Waals surface area contributed by atoms with Crippen LogP contribution in [0.4, 0.5) is 0 Å². The van der Waals surface area contributed by atoms with E-state index in [9.17, 15) is 9.59 Å². The molecule has 1 aromatic heterocycles. The third-order valence-electron chi connectivity index (χ3n) is 3.53. The van der Waals surface area contributed by atoms with E-state index >= 15 is 0 Å². The maximum atomic E-state index is 12.5. The molecule has 21 heavy (non-hydrogen) atoms. The number of hydrogen-bond donors (Lipinski definition) is 1. The summed E-state index contributed by atoms with van der Waals surface area (Å²) >= 11 is 0. The van der Waals surface area contributed by atoms with Gasteiger partial charge in [-0.05, 0) is 13.0 Å². The van der Waals surface area contributed by atoms with Crippen LogP contribution in [-0.2, 0) is 6.54 Å². The number of aryl methyl sites for hydroxylation is 1. The third kappa shape index (κ3) is 2.67. The van der Waals surface area contributed by atoms with E-state index in [4.69, 9.17) is 4.74 Å². The molecule has 1 aliphatic heterocycles. The van der Waals surface area contributed by atoms with Crippen LogP contribution < -0.4 is 10.2 Å². The summed E-state index contributed by atoms with van der Waals surface area (Å²) in [5.74, 6) is 0.530. The lowest BCUT2D eigenvalue weighted by atomic mass is 10.1. The van der Waals surface area contributed by atoms with Crippen molar-refractivity contribution in [3.63, 3.8) is 0 Å². The van der Waals surface area contributed by atoms with Crippen molar-refractivity contribution < 1.29 is 9.53 Å². The van der Waals surface area contributed by atoms with Crippen LogP contribution in [0.3, 0.4) is 0 Å². The number of amides is 1. The molecule has 0 atom stereocenters. The molecule has 0 bridgehead atoms. The fourth-order valence-electron chi connectivity index (χ4n) is 2.41. The second-order valence-electron chi connectivity index (χ2n) is 5.08. The van der Waals surface area contributed by atoms with Gasteiger partial charge in [0.05, 0.1) is 6.54 Å². The summed E-state index contributed by atoms with van der Waals surface area (Å²) in [6.45, 7) is 3.11. The van der Waals surface area contributed by atoms with E-state index < -0.39 is 0 Å². The number of benzene rings is 1. The Hall–Kier alpha value is -2.56. The van der Waals surface area contributed by atoms with Crippen LogP contribution >= 0.6 is 0 Å². The van der Waals surface area contributed by atoms with E-state index in [2.05, 4.69) is 4.98 Å². The SMILES string of the molecule is Cc1cc(=O)c(C(=O)N2CCOc3ccccc3C2)c[nH]1. The number of aromatic nitrogens is 1. The van der Waals surface area contributed by atoms with E-state index in [1.54, 1.807) is 11.8 Å². The summed E-state index contributed by atoms with van der Waals surface area (Å²) in [7, 11) is 0. The normalized spacial score (nSPS) is 14.0. The number of carbonyl (C=O) groups excluding carboxylic acids is 1. The van der Waals surface area contributed by atoms with E-state index in [1.165, 1.54) is 12.3 Å². The highest BCUT2D eigenvalue weighted by Gasteiger charge is 2.22. The average molecular weight is 284 g/mol. The van der Waals surface area contributed by atoms with Crippen LogP contribution in [0.2, 0.25) is 0 Å². The highest BCUT2D eigenvalue weighted by Crippen LogP contribution is 2.22. The van der Waals surface area contributed by atoms with Gasteiger partial charge in [0.1, 0.15) is 17.9 Å².